The molecule has 1 saturated carbocycles. The molecular formula is C19H33IN4. The van der Waals surface area contributed by atoms with Crippen LogP contribution in [0.4, 0.5) is 0 Å². The van der Waals surface area contributed by atoms with Crippen LogP contribution in [0.2, 0.25) is 0 Å². The van der Waals surface area contributed by atoms with Gasteiger partial charge in [0, 0.05) is 17.1 Å². The van der Waals surface area contributed by atoms with E-state index in [1.807, 2.05) is 0 Å². The summed E-state index contributed by atoms with van der Waals surface area (Å²) in [6, 6.07) is 10.9. The van der Waals surface area contributed by atoms with E-state index in [0.717, 1.165) is 19.4 Å². The molecule has 1 fully saturated rings. The summed E-state index contributed by atoms with van der Waals surface area (Å²) >= 11 is 0. The van der Waals surface area contributed by atoms with Crippen molar-refractivity contribution in [1.29, 1.82) is 0 Å². The van der Waals surface area contributed by atoms with Crippen LogP contribution < -0.4 is 16.4 Å². The summed E-state index contributed by atoms with van der Waals surface area (Å²) in [5, 5.41) is 7.08. The molecule has 0 spiro atoms. The molecule has 4 nitrogen and oxygen atoms in total. The Hall–Kier alpha value is -0.820. The molecule has 4 N–H and O–H groups in total. The maximum absolute atomic E-state index is 6.05. The van der Waals surface area contributed by atoms with Gasteiger partial charge in [0.25, 0.3) is 0 Å². The third-order valence-electron chi connectivity index (χ3n) is 4.44. The molecule has 5 heteroatoms. The van der Waals surface area contributed by atoms with Gasteiger partial charge in [-0.25, -0.2) is 0 Å². The molecule has 0 amide bonds. The Labute approximate surface area is 164 Å². The lowest BCUT2D eigenvalue weighted by molar-refractivity contribution is 0.307. The van der Waals surface area contributed by atoms with Crippen LogP contribution in [0.5, 0.6) is 0 Å². The second-order valence-corrected chi connectivity index (χ2v) is 7.84. The minimum Gasteiger partial charge on any atom is -0.370 e. The number of benzene rings is 1. The van der Waals surface area contributed by atoms with Crippen molar-refractivity contribution >= 4 is 29.9 Å². The highest BCUT2D eigenvalue weighted by Crippen LogP contribution is 2.32. The van der Waals surface area contributed by atoms with E-state index in [1.54, 1.807) is 0 Å². The number of hydrogen-bond donors (Lipinski definition) is 3. The molecule has 24 heavy (non-hydrogen) atoms. The lowest BCUT2D eigenvalue weighted by atomic mass is 9.95. The average molecular weight is 444 g/mol. The Balaban J connectivity index is 0.00000288. The van der Waals surface area contributed by atoms with E-state index in [1.165, 1.54) is 18.4 Å². The fourth-order valence-electron chi connectivity index (χ4n) is 3.34. The van der Waals surface area contributed by atoms with E-state index in [2.05, 4.69) is 73.7 Å². The summed E-state index contributed by atoms with van der Waals surface area (Å²) in [6.07, 6.45) is 4.85. The molecule has 0 heterocycles. The maximum atomic E-state index is 6.05. The molecule has 136 valence electrons. The van der Waals surface area contributed by atoms with Crippen LogP contribution in [-0.4, -0.2) is 23.6 Å². The first kappa shape index (κ1) is 21.2. The number of nitrogens with one attached hydrogen (secondary N) is 2. The predicted octanol–water partition coefficient (Wildman–Crippen LogP) is 3.97. The zero-order valence-corrected chi connectivity index (χ0v) is 17.8. The van der Waals surface area contributed by atoms with Crippen LogP contribution in [0.25, 0.3) is 0 Å². The van der Waals surface area contributed by atoms with Crippen molar-refractivity contribution in [3.8, 4) is 0 Å². The molecule has 1 aliphatic rings. The molecule has 1 atom stereocenters. The summed E-state index contributed by atoms with van der Waals surface area (Å²) in [4.78, 5) is 4.63. The number of nitrogens with zero attached hydrogens (tertiary/aromatic N) is 1. The lowest BCUT2D eigenvalue weighted by Gasteiger charge is -2.33. The highest BCUT2D eigenvalue weighted by Gasteiger charge is 2.35. The van der Waals surface area contributed by atoms with E-state index in [-0.39, 0.29) is 35.1 Å². The fourth-order valence-corrected chi connectivity index (χ4v) is 3.34. The topological polar surface area (TPSA) is 62.4 Å². The Morgan fingerprint density at radius 2 is 1.79 bits per heavy atom. The van der Waals surface area contributed by atoms with E-state index in [0.29, 0.717) is 12.0 Å². The van der Waals surface area contributed by atoms with Gasteiger partial charge in [0.2, 0.25) is 0 Å². The second-order valence-electron chi connectivity index (χ2n) is 7.84. The van der Waals surface area contributed by atoms with Gasteiger partial charge in [-0.1, -0.05) is 43.2 Å². The first-order chi connectivity index (χ1) is 10.8. The first-order valence-corrected chi connectivity index (χ1v) is 8.70. The van der Waals surface area contributed by atoms with Crippen LogP contribution in [0.15, 0.2) is 35.3 Å². The van der Waals surface area contributed by atoms with E-state index < -0.39 is 0 Å². The van der Waals surface area contributed by atoms with Crippen molar-refractivity contribution in [2.24, 2.45) is 10.7 Å². The molecular weight excluding hydrogens is 411 g/mol. The third-order valence-corrected chi connectivity index (χ3v) is 4.44. The standard InChI is InChI=1S/C19H32N4.HI/c1-15(16-10-6-5-7-11-16)22-19(12-8-9-13-19)14-21-17(20)23-18(2,3)4;/h5-7,10-11,15,22H,8-9,12-14H2,1-4H3,(H3,20,21,23);1H. The van der Waals surface area contributed by atoms with Crippen LogP contribution in [0.1, 0.15) is 65.0 Å². The quantitative estimate of drug-likeness (QED) is 0.366. The summed E-state index contributed by atoms with van der Waals surface area (Å²) in [5.74, 6) is 0.540. The minimum atomic E-state index is -0.0544. The van der Waals surface area contributed by atoms with Gasteiger partial charge < -0.3 is 16.4 Å². The number of rotatable bonds is 5. The highest BCUT2D eigenvalue weighted by atomic mass is 127. The zero-order valence-electron chi connectivity index (χ0n) is 15.4. The van der Waals surface area contributed by atoms with E-state index >= 15 is 0 Å². The molecule has 1 aliphatic carbocycles. The van der Waals surface area contributed by atoms with Crippen molar-refractivity contribution in [1.82, 2.24) is 10.6 Å². The smallest absolute Gasteiger partial charge is 0.189 e. The number of aliphatic imine (C=N–C) groups is 1. The van der Waals surface area contributed by atoms with Crippen molar-refractivity contribution in [3.05, 3.63) is 35.9 Å². The van der Waals surface area contributed by atoms with Gasteiger partial charge >= 0.3 is 0 Å². The van der Waals surface area contributed by atoms with Crippen LogP contribution >= 0.6 is 24.0 Å². The second kappa shape index (κ2) is 9.04. The molecule has 0 aliphatic heterocycles. The molecule has 1 unspecified atom stereocenters. The Morgan fingerprint density at radius 1 is 1.21 bits per heavy atom. The van der Waals surface area contributed by atoms with Crippen LogP contribution in [0, 0.1) is 0 Å². The average Bonchev–Trinajstić information content (AvgIpc) is 2.93. The van der Waals surface area contributed by atoms with Gasteiger partial charge in [0.05, 0.1) is 6.54 Å². The minimum absolute atomic E-state index is 0. The van der Waals surface area contributed by atoms with Gasteiger partial charge in [0.15, 0.2) is 5.96 Å². The normalized spacial score (nSPS) is 18.8. The van der Waals surface area contributed by atoms with Crippen molar-refractivity contribution < 1.29 is 0 Å². The van der Waals surface area contributed by atoms with Gasteiger partial charge in [-0.3, -0.25) is 4.99 Å². The van der Waals surface area contributed by atoms with Gasteiger partial charge in [-0.2, -0.15) is 0 Å². The third kappa shape index (κ3) is 6.59. The highest BCUT2D eigenvalue weighted by molar-refractivity contribution is 14.0. The largest absolute Gasteiger partial charge is 0.370 e. The summed E-state index contributed by atoms with van der Waals surface area (Å²) in [6.45, 7) is 9.25. The Morgan fingerprint density at radius 3 is 2.33 bits per heavy atom. The predicted molar refractivity (Wildman–Crippen MR) is 114 cm³/mol. The van der Waals surface area contributed by atoms with Crippen LogP contribution in [-0.2, 0) is 0 Å². The molecule has 0 saturated heterocycles. The van der Waals surface area contributed by atoms with Crippen LogP contribution in [0.3, 0.4) is 0 Å². The Kier molecular flexibility index (Phi) is 7.99. The number of hydrogen-bond acceptors (Lipinski definition) is 2. The summed E-state index contributed by atoms with van der Waals surface area (Å²) in [5.41, 5.74) is 7.39. The van der Waals surface area contributed by atoms with Crippen molar-refractivity contribution in [2.75, 3.05) is 6.54 Å². The summed E-state index contributed by atoms with van der Waals surface area (Å²) < 4.78 is 0. The molecule has 0 aromatic heterocycles. The summed E-state index contributed by atoms with van der Waals surface area (Å²) in [7, 11) is 0. The van der Waals surface area contributed by atoms with Gasteiger partial charge in [-0.15, -0.1) is 24.0 Å². The lowest BCUT2D eigenvalue weighted by Crippen LogP contribution is -2.49. The molecule has 2 rings (SSSR count). The first-order valence-electron chi connectivity index (χ1n) is 8.70. The van der Waals surface area contributed by atoms with Gasteiger partial charge in [0.1, 0.15) is 0 Å². The number of nitrogens with two attached hydrogens (primary N) is 1. The van der Waals surface area contributed by atoms with Crippen molar-refractivity contribution in [3.63, 3.8) is 0 Å². The molecule has 1 aromatic carbocycles. The van der Waals surface area contributed by atoms with E-state index in [4.69, 9.17) is 5.73 Å². The Bertz CT molecular complexity index is 516. The molecule has 1 aromatic rings. The fraction of sp³-hybridized carbons (Fsp3) is 0.632. The van der Waals surface area contributed by atoms with Gasteiger partial charge in [-0.05, 0) is 46.1 Å². The SMILES string of the molecule is CC(NC1(CN=C(N)NC(C)(C)C)CCCC1)c1ccccc1.I. The zero-order chi connectivity index (χ0) is 16.9. The number of guanidine groups is 1. The maximum Gasteiger partial charge on any atom is 0.189 e. The monoisotopic (exact) mass is 444 g/mol. The number of halogens is 1. The molecule has 0 radical (unpaired) electrons. The van der Waals surface area contributed by atoms with Crippen molar-refractivity contribution in [2.45, 2.75) is 70.5 Å². The molecule has 0 bridgehead atoms. The van der Waals surface area contributed by atoms with E-state index in [9.17, 15) is 0 Å².